The van der Waals surface area contributed by atoms with E-state index in [0.717, 1.165) is 55.5 Å². The van der Waals surface area contributed by atoms with E-state index in [4.69, 9.17) is 4.42 Å². The normalized spacial score (nSPS) is 20.0. The van der Waals surface area contributed by atoms with Crippen molar-refractivity contribution in [1.82, 2.24) is 24.3 Å². The molecule has 4 rings (SSSR count). The second kappa shape index (κ2) is 6.37. The molecule has 0 saturated carbocycles. The molecule has 126 valence electrons. The number of para-hydroxylation sites is 2. The fourth-order valence-electron chi connectivity index (χ4n) is 3.36. The number of benzene rings is 1. The number of hydrogen-bond donors (Lipinski definition) is 0. The van der Waals surface area contributed by atoms with Gasteiger partial charge < -0.3 is 8.98 Å². The smallest absolute Gasteiger partial charge is 0.209 e. The summed E-state index contributed by atoms with van der Waals surface area (Å²) in [6.45, 7) is 7.03. The second-order valence-electron chi connectivity index (χ2n) is 6.58. The minimum absolute atomic E-state index is 0.486. The Balaban J connectivity index is 1.38. The van der Waals surface area contributed by atoms with Crippen LogP contribution >= 0.6 is 0 Å². The molecule has 1 atom stereocenters. The summed E-state index contributed by atoms with van der Waals surface area (Å²) in [6, 6.07) is 8.43. The lowest BCUT2D eigenvalue weighted by Gasteiger charge is -2.39. The molecule has 1 fully saturated rings. The van der Waals surface area contributed by atoms with E-state index in [2.05, 4.69) is 38.3 Å². The van der Waals surface area contributed by atoms with E-state index in [1.54, 1.807) is 0 Å². The van der Waals surface area contributed by atoms with Gasteiger partial charge in [-0.1, -0.05) is 12.1 Å². The summed E-state index contributed by atoms with van der Waals surface area (Å²) < 4.78 is 7.95. The van der Waals surface area contributed by atoms with Crippen molar-refractivity contribution in [2.75, 3.05) is 19.6 Å². The Morgan fingerprint density at radius 1 is 1.21 bits per heavy atom. The number of aromatic nitrogens is 3. The number of hydrogen-bond acceptors (Lipinski definition) is 5. The summed E-state index contributed by atoms with van der Waals surface area (Å²) in [5.74, 6) is 1.93. The van der Waals surface area contributed by atoms with Crippen molar-refractivity contribution < 1.29 is 4.42 Å². The molecule has 0 bridgehead atoms. The topological polar surface area (TPSA) is 50.3 Å². The molecule has 1 saturated heterocycles. The van der Waals surface area contributed by atoms with Gasteiger partial charge in [-0.2, -0.15) is 0 Å². The van der Waals surface area contributed by atoms with Crippen molar-refractivity contribution in [3.63, 3.8) is 0 Å². The van der Waals surface area contributed by atoms with Crippen molar-refractivity contribution in [2.24, 2.45) is 7.05 Å². The molecule has 0 aliphatic carbocycles. The highest BCUT2D eigenvalue weighted by atomic mass is 16.3. The lowest BCUT2D eigenvalue weighted by Crippen LogP contribution is -2.51. The van der Waals surface area contributed by atoms with Crippen LogP contribution in [0.3, 0.4) is 0 Å². The Labute approximate surface area is 141 Å². The lowest BCUT2D eigenvalue weighted by atomic mass is 10.2. The molecule has 0 radical (unpaired) electrons. The van der Waals surface area contributed by atoms with Crippen LogP contribution in [0.25, 0.3) is 11.1 Å². The van der Waals surface area contributed by atoms with E-state index in [1.165, 1.54) is 0 Å². The molecule has 1 aliphatic heterocycles. The predicted octanol–water partition coefficient (Wildman–Crippen LogP) is 2.27. The summed E-state index contributed by atoms with van der Waals surface area (Å²) in [6.07, 6.45) is 3.87. The van der Waals surface area contributed by atoms with E-state index in [9.17, 15) is 0 Å². The molecule has 1 aliphatic rings. The molecule has 6 nitrogen and oxygen atoms in total. The minimum Gasteiger partial charge on any atom is -0.439 e. The largest absolute Gasteiger partial charge is 0.439 e. The van der Waals surface area contributed by atoms with Gasteiger partial charge in [-0.15, -0.1) is 0 Å². The third-order valence-corrected chi connectivity index (χ3v) is 4.81. The van der Waals surface area contributed by atoms with Crippen LogP contribution in [0.5, 0.6) is 0 Å². The Morgan fingerprint density at radius 2 is 2.08 bits per heavy atom. The molecule has 0 spiro atoms. The first-order chi connectivity index (χ1) is 11.7. The van der Waals surface area contributed by atoms with Crippen LogP contribution in [0.2, 0.25) is 0 Å². The van der Waals surface area contributed by atoms with Crippen LogP contribution in [0, 0.1) is 0 Å². The number of imidazole rings is 1. The van der Waals surface area contributed by atoms with Crippen LogP contribution in [0.1, 0.15) is 18.6 Å². The number of oxazole rings is 1. The van der Waals surface area contributed by atoms with Crippen LogP contribution < -0.4 is 0 Å². The van der Waals surface area contributed by atoms with E-state index in [0.29, 0.717) is 6.04 Å². The monoisotopic (exact) mass is 325 g/mol. The number of nitrogens with zero attached hydrogens (tertiary/aromatic N) is 5. The van der Waals surface area contributed by atoms with Gasteiger partial charge in [0, 0.05) is 45.1 Å². The van der Waals surface area contributed by atoms with Crippen molar-refractivity contribution in [1.29, 1.82) is 0 Å². The lowest BCUT2D eigenvalue weighted by molar-refractivity contribution is 0.0661. The Hall–Kier alpha value is -2.18. The first kappa shape index (κ1) is 15.4. The fourth-order valence-corrected chi connectivity index (χ4v) is 3.36. The van der Waals surface area contributed by atoms with E-state index < -0.39 is 0 Å². The molecule has 2 aromatic heterocycles. The first-order valence-corrected chi connectivity index (χ1v) is 8.46. The van der Waals surface area contributed by atoms with Gasteiger partial charge in [0.25, 0.3) is 0 Å². The van der Waals surface area contributed by atoms with Crippen LogP contribution in [0.4, 0.5) is 0 Å². The highest BCUT2D eigenvalue weighted by Crippen LogP contribution is 2.18. The van der Waals surface area contributed by atoms with Crippen molar-refractivity contribution in [2.45, 2.75) is 26.1 Å². The van der Waals surface area contributed by atoms with Crippen molar-refractivity contribution in [3.8, 4) is 0 Å². The van der Waals surface area contributed by atoms with E-state index in [1.807, 2.05) is 36.7 Å². The second-order valence-corrected chi connectivity index (χ2v) is 6.58. The third-order valence-electron chi connectivity index (χ3n) is 4.81. The summed E-state index contributed by atoms with van der Waals surface area (Å²) in [4.78, 5) is 13.9. The van der Waals surface area contributed by atoms with Crippen LogP contribution in [0.15, 0.2) is 41.1 Å². The van der Waals surface area contributed by atoms with Crippen molar-refractivity contribution in [3.05, 3.63) is 48.4 Å². The zero-order valence-corrected chi connectivity index (χ0v) is 14.2. The molecular formula is C18H23N5O. The van der Waals surface area contributed by atoms with Gasteiger partial charge >= 0.3 is 0 Å². The van der Waals surface area contributed by atoms with Gasteiger partial charge in [-0.25, -0.2) is 9.97 Å². The standard InChI is InChI=1S/C18H23N5O/c1-14-11-22(9-10-23(14)12-17-19-7-8-21(17)2)13-18-20-15-5-3-4-6-16(15)24-18/h3-8,14H,9-13H2,1-2H3. The Kier molecular flexibility index (Phi) is 4.08. The molecule has 24 heavy (non-hydrogen) atoms. The van der Waals surface area contributed by atoms with Crippen LogP contribution in [-0.2, 0) is 20.1 Å². The highest BCUT2D eigenvalue weighted by Gasteiger charge is 2.25. The molecule has 3 heterocycles. The summed E-state index contributed by atoms with van der Waals surface area (Å²) in [5.41, 5.74) is 1.81. The van der Waals surface area contributed by atoms with Gasteiger partial charge in [-0.3, -0.25) is 9.80 Å². The zero-order valence-electron chi connectivity index (χ0n) is 14.2. The SMILES string of the molecule is CC1CN(Cc2nc3ccccc3o2)CCN1Cc1nccn1C. The Morgan fingerprint density at radius 3 is 2.83 bits per heavy atom. The van der Waals surface area contributed by atoms with E-state index in [-0.39, 0.29) is 0 Å². The number of fused-ring (bicyclic) bond motifs is 1. The summed E-state index contributed by atoms with van der Waals surface area (Å²) in [5, 5.41) is 0. The number of rotatable bonds is 4. The average molecular weight is 325 g/mol. The quantitative estimate of drug-likeness (QED) is 0.736. The third kappa shape index (κ3) is 3.07. The van der Waals surface area contributed by atoms with Gasteiger partial charge in [0.15, 0.2) is 5.58 Å². The summed E-state index contributed by atoms with van der Waals surface area (Å²) in [7, 11) is 2.05. The highest BCUT2D eigenvalue weighted by molar-refractivity contribution is 5.72. The molecule has 1 unspecified atom stereocenters. The summed E-state index contributed by atoms with van der Waals surface area (Å²) >= 11 is 0. The number of piperazine rings is 1. The molecule has 6 heteroatoms. The van der Waals surface area contributed by atoms with Gasteiger partial charge in [0.05, 0.1) is 13.1 Å². The van der Waals surface area contributed by atoms with Gasteiger partial charge in [0.1, 0.15) is 11.3 Å². The molecular weight excluding hydrogens is 302 g/mol. The Bertz CT molecular complexity index is 791. The molecule has 0 amide bonds. The maximum Gasteiger partial charge on any atom is 0.209 e. The molecule has 1 aromatic carbocycles. The fraction of sp³-hybridized carbons (Fsp3) is 0.444. The zero-order chi connectivity index (χ0) is 16.5. The van der Waals surface area contributed by atoms with E-state index >= 15 is 0 Å². The predicted molar refractivity (Wildman–Crippen MR) is 92.4 cm³/mol. The maximum atomic E-state index is 5.85. The van der Waals surface area contributed by atoms with Gasteiger partial charge in [-0.05, 0) is 19.1 Å². The maximum absolute atomic E-state index is 5.85. The molecule has 0 N–H and O–H groups in total. The number of aryl methyl sites for hydroxylation is 1. The van der Waals surface area contributed by atoms with Gasteiger partial charge in [0.2, 0.25) is 5.89 Å². The van der Waals surface area contributed by atoms with Crippen LogP contribution in [-0.4, -0.2) is 50.0 Å². The van der Waals surface area contributed by atoms with Crippen molar-refractivity contribution >= 4 is 11.1 Å². The molecule has 3 aromatic rings. The first-order valence-electron chi connectivity index (χ1n) is 8.46. The minimum atomic E-state index is 0.486. The average Bonchev–Trinajstić information content (AvgIpc) is 3.15.